The Morgan fingerprint density at radius 3 is 2.71 bits per heavy atom. The summed E-state index contributed by atoms with van der Waals surface area (Å²) in [5.41, 5.74) is 7.88. The van der Waals surface area contributed by atoms with Gasteiger partial charge in [-0.05, 0) is 32.1 Å². The quantitative estimate of drug-likeness (QED) is 0.863. The summed E-state index contributed by atoms with van der Waals surface area (Å²) in [7, 11) is 0. The van der Waals surface area contributed by atoms with Crippen molar-refractivity contribution >= 4 is 33.0 Å². The highest BCUT2D eigenvalue weighted by molar-refractivity contribution is 7.21. The number of hydrogen-bond acceptors (Lipinski definition) is 4. The number of carbonyl (C=O) groups is 1. The molecule has 0 aliphatic carbocycles. The molecule has 0 unspecified atom stereocenters. The maximum absolute atomic E-state index is 12.3. The number of nitrogens with zero attached hydrogens (tertiary/aromatic N) is 1. The van der Waals surface area contributed by atoms with Crippen molar-refractivity contribution in [2.24, 2.45) is 0 Å². The molecule has 0 bridgehead atoms. The van der Waals surface area contributed by atoms with E-state index in [4.69, 9.17) is 5.73 Å². The summed E-state index contributed by atoms with van der Waals surface area (Å²) >= 11 is 1.46. The largest absolute Gasteiger partial charge is 0.397 e. The molecule has 114 valence electrons. The number of nitrogens with two attached hydrogens (primary N) is 1. The standard InChI is InChI=1S/C16H23N3OS/c1-4-19(5-2)9-8-18-16(20)15-14(17)12-10-11(3)6-7-13(12)21-15/h6-7,10H,4-5,8-9,17H2,1-3H3,(H,18,20). The first-order valence-corrected chi connectivity index (χ1v) is 8.17. The summed E-state index contributed by atoms with van der Waals surface area (Å²) in [5, 5.41) is 3.94. The van der Waals surface area contributed by atoms with E-state index in [1.54, 1.807) is 0 Å². The maximum Gasteiger partial charge on any atom is 0.263 e. The fourth-order valence-corrected chi connectivity index (χ4v) is 3.37. The molecule has 1 aromatic carbocycles. The highest BCUT2D eigenvalue weighted by Crippen LogP contribution is 2.34. The predicted molar refractivity (Wildman–Crippen MR) is 91.1 cm³/mol. The number of anilines is 1. The van der Waals surface area contributed by atoms with Crippen LogP contribution in [0.15, 0.2) is 18.2 Å². The Labute approximate surface area is 129 Å². The molecule has 1 amide bonds. The van der Waals surface area contributed by atoms with Crippen LogP contribution >= 0.6 is 11.3 Å². The normalized spacial score (nSPS) is 11.2. The molecule has 0 aliphatic rings. The smallest absolute Gasteiger partial charge is 0.263 e. The molecule has 0 radical (unpaired) electrons. The Hall–Kier alpha value is -1.59. The monoisotopic (exact) mass is 305 g/mol. The second kappa shape index (κ2) is 6.91. The Morgan fingerprint density at radius 2 is 2.05 bits per heavy atom. The number of nitrogen functional groups attached to an aromatic ring is 1. The van der Waals surface area contributed by atoms with Gasteiger partial charge in [0.15, 0.2) is 0 Å². The van der Waals surface area contributed by atoms with E-state index in [9.17, 15) is 4.79 Å². The van der Waals surface area contributed by atoms with Crippen LogP contribution in [0.1, 0.15) is 29.1 Å². The third-order valence-corrected chi connectivity index (χ3v) is 4.88. The molecule has 21 heavy (non-hydrogen) atoms. The average Bonchev–Trinajstić information content (AvgIpc) is 2.80. The van der Waals surface area contributed by atoms with Crippen LogP contribution in [0.25, 0.3) is 10.1 Å². The van der Waals surface area contributed by atoms with Gasteiger partial charge in [-0.3, -0.25) is 4.79 Å². The summed E-state index contributed by atoms with van der Waals surface area (Å²) in [4.78, 5) is 15.2. The number of aryl methyl sites for hydroxylation is 1. The van der Waals surface area contributed by atoms with Gasteiger partial charge in [-0.25, -0.2) is 0 Å². The van der Waals surface area contributed by atoms with Crippen molar-refractivity contribution in [2.45, 2.75) is 20.8 Å². The number of rotatable bonds is 6. The molecule has 0 spiro atoms. The maximum atomic E-state index is 12.3. The van der Waals surface area contributed by atoms with Crippen LogP contribution in [0.2, 0.25) is 0 Å². The molecular formula is C16H23N3OS. The molecule has 0 atom stereocenters. The first-order valence-electron chi connectivity index (χ1n) is 7.36. The van der Waals surface area contributed by atoms with Gasteiger partial charge in [0.25, 0.3) is 5.91 Å². The van der Waals surface area contributed by atoms with Gasteiger partial charge in [-0.1, -0.05) is 25.5 Å². The number of benzene rings is 1. The first-order chi connectivity index (χ1) is 10.1. The zero-order chi connectivity index (χ0) is 15.4. The minimum Gasteiger partial charge on any atom is -0.397 e. The molecule has 2 aromatic rings. The molecule has 1 aromatic heterocycles. The topological polar surface area (TPSA) is 58.4 Å². The molecular weight excluding hydrogens is 282 g/mol. The van der Waals surface area contributed by atoms with Gasteiger partial charge in [-0.2, -0.15) is 0 Å². The van der Waals surface area contributed by atoms with Gasteiger partial charge in [0.05, 0.1) is 5.69 Å². The van der Waals surface area contributed by atoms with E-state index >= 15 is 0 Å². The number of nitrogens with one attached hydrogen (secondary N) is 1. The van der Waals surface area contributed by atoms with Crippen LogP contribution in [0.5, 0.6) is 0 Å². The highest BCUT2D eigenvalue weighted by Gasteiger charge is 2.16. The molecule has 1 heterocycles. The highest BCUT2D eigenvalue weighted by atomic mass is 32.1. The van der Waals surface area contributed by atoms with Gasteiger partial charge >= 0.3 is 0 Å². The van der Waals surface area contributed by atoms with Gasteiger partial charge in [0, 0.05) is 23.2 Å². The Kier molecular flexibility index (Phi) is 5.20. The van der Waals surface area contributed by atoms with E-state index in [-0.39, 0.29) is 5.91 Å². The summed E-state index contributed by atoms with van der Waals surface area (Å²) in [6, 6.07) is 6.10. The van der Waals surface area contributed by atoms with Crippen LogP contribution in [0.4, 0.5) is 5.69 Å². The Morgan fingerprint density at radius 1 is 1.33 bits per heavy atom. The van der Waals surface area contributed by atoms with Crippen molar-refractivity contribution in [1.29, 1.82) is 0 Å². The molecule has 0 saturated heterocycles. The van der Waals surface area contributed by atoms with Gasteiger partial charge < -0.3 is 16.0 Å². The first kappa shape index (κ1) is 15.8. The van der Waals surface area contributed by atoms with E-state index in [0.717, 1.165) is 35.3 Å². The molecule has 4 nitrogen and oxygen atoms in total. The van der Waals surface area contributed by atoms with Gasteiger partial charge in [-0.15, -0.1) is 11.3 Å². The van der Waals surface area contributed by atoms with Gasteiger partial charge in [0.1, 0.15) is 4.88 Å². The third kappa shape index (κ3) is 3.54. The van der Waals surface area contributed by atoms with Crippen molar-refractivity contribution in [3.63, 3.8) is 0 Å². The number of hydrogen-bond donors (Lipinski definition) is 2. The summed E-state index contributed by atoms with van der Waals surface area (Å²) in [5.74, 6) is -0.0708. The van der Waals surface area contributed by atoms with Crippen molar-refractivity contribution in [1.82, 2.24) is 10.2 Å². The Bertz CT molecular complexity index is 632. The number of likely N-dealkylation sites (N-methyl/N-ethyl adjacent to an activating group) is 1. The number of amides is 1. The van der Waals surface area contributed by atoms with Crippen molar-refractivity contribution < 1.29 is 4.79 Å². The number of thiophene rings is 1. The van der Waals surface area contributed by atoms with E-state index in [2.05, 4.69) is 24.1 Å². The Balaban J connectivity index is 2.07. The molecule has 3 N–H and O–H groups in total. The minimum absolute atomic E-state index is 0.0708. The lowest BCUT2D eigenvalue weighted by atomic mass is 10.1. The van der Waals surface area contributed by atoms with Crippen molar-refractivity contribution in [2.75, 3.05) is 31.9 Å². The molecule has 0 aliphatic heterocycles. The number of carbonyl (C=O) groups excluding carboxylic acids is 1. The zero-order valence-corrected chi connectivity index (χ0v) is 13.7. The predicted octanol–water partition coefficient (Wildman–Crippen LogP) is 2.86. The number of fused-ring (bicyclic) bond motifs is 1. The molecule has 0 fully saturated rings. The van der Waals surface area contributed by atoms with Crippen LogP contribution in [-0.4, -0.2) is 37.0 Å². The lowest BCUT2D eigenvalue weighted by Crippen LogP contribution is -2.34. The van der Waals surface area contributed by atoms with Crippen LogP contribution in [0, 0.1) is 6.92 Å². The van der Waals surface area contributed by atoms with E-state index in [0.29, 0.717) is 17.1 Å². The average molecular weight is 305 g/mol. The van der Waals surface area contributed by atoms with Crippen molar-refractivity contribution in [3.05, 3.63) is 28.6 Å². The third-order valence-electron chi connectivity index (χ3n) is 3.70. The van der Waals surface area contributed by atoms with E-state index in [1.807, 2.05) is 25.1 Å². The SMILES string of the molecule is CCN(CC)CCNC(=O)c1sc2ccc(C)cc2c1N. The lowest BCUT2D eigenvalue weighted by molar-refractivity contribution is 0.0954. The van der Waals surface area contributed by atoms with E-state index in [1.165, 1.54) is 11.3 Å². The fraction of sp³-hybridized carbons (Fsp3) is 0.438. The van der Waals surface area contributed by atoms with E-state index < -0.39 is 0 Å². The molecule has 5 heteroatoms. The second-order valence-corrected chi connectivity index (χ2v) is 6.18. The van der Waals surface area contributed by atoms with Crippen LogP contribution in [-0.2, 0) is 0 Å². The molecule has 2 rings (SSSR count). The molecule has 0 saturated carbocycles. The summed E-state index contributed by atoms with van der Waals surface area (Å²) in [6.07, 6.45) is 0. The van der Waals surface area contributed by atoms with Crippen LogP contribution in [0.3, 0.4) is 0 Å². The summed E-state index contributed by atoms with van der Waals surface area (Å²) in [6.45, 7) is 9.78. The fourth-order valence-electron chi connectivity index (χ4n) is 2.35. The minimum atomic E-state index is -0.0708. The van der Waals surface area contributed by atoms with Crippen molar-refractivity contribution in [3.8, 4) is 0 Å². The summed E-state index contributed by atoms with van der Waals surface area (Å²) < 4.78 is 1.06. The zero-order valence-electron chi connectivity index (χ0n) is 12.9. The van der Waals surface area contributed by atoms with Gasteiger partial charge in [0.2, 0.25) is 0 Å². The second-order valence-electron chi connectivity index (χ2n) is 5.13. The van der Waals surface area contributed by atoms with Crippen LogP contribution < -0.4 is 11.1 Å². The lowest BCUT2D eigenvalue weighted by Gasteiger charge is -2.17.